The van der Waals surface area contributed by atoms with Crippen molar-refractivity contribution in [2.75, 3.05) is 27.4 Å². The van der Waals surface area contributed by atoms with Gasteiger partial charge in [0.2, 0.25) is 0 Å². The van der Waals surface area contributed by atoms with Crippen LogP contribution in [0.2, 0.25) is 0 Å². The number of carbonyl (C=O) groups is 1. The van der Waals surface area contributed by atoms with Crippen molar-refractivity contribution in [3.8, 4) is 11.5 Å². The normalized spacial score (nSPS) is 16.1. The second-order valence-corrected chi connectivity index (χ2v) is 8.48. The number of rotatable bonds is 5. The molecule has 0 spiro atoms. The lowest BCUT2D eigenvalue weighted by Gasteiger charge is -2.14. The summed E-state index contributed by atoms with van der Waals surface area (Å²) < 4.78 is 18.3. The predicted octanol–water partition coefficient (Wildman–Crippen LogP) is 3.52. The summed E-state index contributed by atoms with van der Waals surface area (Å²) in [5.41, 5.74) is 2.06. The smallest absolute Gasteiger partial charge is 0.270 e. The zero-order valence-corrected chi connectivity index (χ0v) is 18.9. The fourth-order valence-electron chi connectivity index (χ4n) is 5.05. The van der Waals surface area contributed by atoms with E-state index in [1.807, 2.05) is 24.3 Å². The van der Waals surface area contributed by atoms with Gasteiger partial charge in [0.1, 0.15) is 5.69 Å². The molecule has 4 heterocycles. The lowest BCUT2D eigenvalue weighted by Crippen LogP contribution is -2.32. The van der Waals surface area contributed by atoms with E-state index < -0.39 is 0 Å². The van der Waals surface area contributed by atoms with E-state index in [-0.39, 0.29) is 17.6 Å². The van der Waals surface area contributed by atoms with Gasteiger partial charge in [0.25, 0.3) is 11.5 Å². The fraction of sp³-hybridized carbons (Fsp3) is 0.269. The summed E-state index contributed by atoms with van der Waals surface area (Å²) in [6.07, 6.45) is 1.97. The van der Waals surface area contributed by atoms with Crippen molar-refractivity contribution in [3.05, 3.63) is 58.5 Å². The summed E-state index contributed by atoms with van der Waals surface area (Å²) in [7, 11) is 3.04. The number of amides is 1. The molecule has 1 unspecified atom stereocenters. The Hall–Kier alpha value is -3.91. The summed E-state index contributed by atoms with van der Waals surface area (Å²) in [6.45, 7) is 1.17. The van der Waals surface area contributed by atoms with Crippen LogP contribution in [-0.4, -0.2) is 48.8 Å². The minimum Gasteiger partial charge on any atom is -0.493 e. The van der Waals surface area contributed by atoms with Crippen LogP contribution in [-0.2, 0) is 4.74 Å². The molecule has 1 atom stereocenters. The number of methoxy groups -OCH3 is 2. The third-order valence-corrected chi connectivity index (χ3v) is 6.62. The Balaban J connectivity index is 1.67. The maximum atomic E-state index is 13.8. The molecule has 6 rings (SSSR count). The molecule has 8 heteroatoms. The third kappa shape index (κ3) is 2.92. The molecule has 1 amide bonds. The molecular formula is C26H23N3O5. The van der Waals surface area contributed by atoms with Crippen LogP contribution < -0.4 is 20.3 Å². The summed E-state index contributed by atoms with van der Waals surface area (Å²) >= 11 is 0. The van der Waals surface area contributed by atoms with Gasteiger partial charge in [0.05, 0.1) is 42.3 Å². The SMILES string of the molecule is COc1ccc2c(c1OC)c(=O)n1c3ccccc3c3cc(C(=O)NCC4CCCO4)nc2c31. The van der Waals surface area contributed by atoms with Crippen LogP contribution >= 0.6 is 0 Å². The van der Waals surface area contributed by atoms with Crippen molar-refractivity contribution in [1.29, 1.82) is 0 Å². The van der Waals surface area contributed by atoms with Crippen LogP contribution in [0.5, 0.6) is 11.5 Å². The Morgan fingerprint density at radius 1 is 1.15 bits per heavy atom. The zero-order valence-electron chi connectivity index (χ0n) is 18.9. The summed E-state index contributed by atoms with van der Waals surface area (Å²) in [5, 5.41) is 5.61. The highest BCUT2D eigenvalue weighted by molar-refractivity contribution is 6.21. The molecule has 0 aliphatic carbocycles. The molecule has 2 aromatic carbocycles. The first-order valence-electron chi connectivity index (χ1n) is 11.3. The standard InChI is InChI=1S/C26H23N3O5/c1-32-20-10-9-16-21(24(20)33-2)26(31)29-19-8-4-3-7-15(19)17-12-18(28-22(16)23(17)29)25(30)27-13-14-6-5-11-34-14/h3-4,7-10,12,14H,5-6,11,13H2,1-2H3,(H,27,30). The number of hydrogen-bond donors (Lipinski definition) is 1. The quantitative estimate of drug-likeness (QED) is 0.406. The molecule has 0 saturated carbocycles. The Labute approximate surface area is 194 Å². The second kappa shape index (κ2) is 7.85. The number of benzene rings is 2. The van der Waals surface area contributed by atoms with E-state index in [4.69, 9.17) is 19.2 Å². The maximum absolute atomic E-state index is 13.8. The van der Waals surface area contributed by atoms with Crippen molar-refractivity contribution in [2.45, 2.75) is 18.9 Å². The Bertz CT molecular complexity index is 1640. The van der Waals surface area contributed by atoms with E-state index >= 15 is 0 Å². The molecule has 3 aromatic heterocycles. The van der Waals surface area contributed by atoms with Crippen LogP contribution in [0.4, 0.5) is 0 Å². The van der Waals surface area contributed by atoms with E-state index in [9.17, 15) is 9.59 Å². The highest BCUT2D eigenvalue weighted by atomic mass is 16.5. The molecule has 0 bridgehead atoms. The monoisotopic (exact) mass is 457 g/mol. The number of hydrogen-bond acceptors (Lipinski definition) is 6. The summed E-state index contributed by atoms with van der Waals surface area (Å²) in [5.74, 6) is 0.525. The van der Waals surface area contributed by atoms with Gasteiger partial charge < -0.3 is 19.5 Å². The van der Waals surface area contributed by atoms with Crippen LogP contribution in [0.1, 0.15) is 23.3 Å². The lowest BCUT2D eigenvalue weighted by molar-refractivity contribution is 0.0854. The zero-order chi connectivity index (χ0) is 23.4. The number of ether oxygens (including phenoxy) is 3. The van der Waals surface area contributed by atoms with Gasteiger partial charge in [0.15, 0.2) is 11.5 Å². The molecule has 1 aliphatic rings. The molecule has 1 saturated heterocycles. The summed E-state index contributed by atoms with van der Waals surface area (Å²) in [4.78, 5) is 31.7. The van der Waals surface area contributed by atoms with Crippen molar-refractivity contribution >= 4 is 44.0 Å². The van der Waals surface area contributed by atoms with Crippen molar-refractivity contribution in [1.82, 2.24) is 14.7 Å². The van der Waals surface area contributed by atoms with Gasteiger partial charge in [-0.05, 0) is 37.1 Å². The van der Waals surface area contributed by atoms with E-state index in [0.29, 0.717) is 45.5 Å². The van der Waals surface area contributed by atoms with Gasteiger partial charge in [-0.2, -0.15) is 0 Å². The molecule has 34 heavy (non-hydrogen) atoms. The third-order valence-electron chi connectivity index (χ3n) is 6.62. The minimum atomic E-state index is -0.274. The number of pyridine rings is 2. The minimum absolute atomic E-state index is 0.0306. The molecule has 1 aliphatic heterocycles. The van der Waals surface area contributed by atoms with E-state index in [1.54, 1.807) is 22.6 Å². The first-order chi connectivity index (χ1) is 16.6. The molecule has 1 fully saturated rings. The molecule has 8 nitrogen and oxygen atoms in total. The predicted molar refractivity (Wildman–Crippen MR) is 130 cm³/mol. The number of aromatic nitrogens is 2. The molecule has 172 valence electrons. The first kappa shape index (κ1) is 20.7. The summed E-state index contributed by atoms with van der Waals surface area (Å²) in [6, 6.07) is 13.0. The van der Waals surface area contributed by atoms with Gasteiger partial charge in [-0.25, -0.2) is 4.98 Å². The van der Waals surface area contributed by atoms with Gasteiger partial charge in [0, 0.05) is 29.3 Å². The van der Waals surface area contributed by atoms with Gasteiger partial charge in [-0.1, -0.05) is 18.2 Å². The van der Waals surface area contributed by atoms with Crippen LogP contribution in [0, 0.1) is 0 Å². The second-order valence-electron chi connectivity index (χ2n) is 8.48. The van der Waals surface area contributed by atoms with Crippen molar-refractivity contribution in [3.63, 3.8) is 0 Å². The van der Waals surface area contributed by atoms with Crippen molar-refractivity contribution < 1.29 is 19.0 Å². The first-order valence-corrected chi connectivity index (χ1v) is 11.3. The molecule has 0 radical (unpaired) electrons. The van der Waals surface area contributed by atoms with Crippen LogP contribution in [0.3, 0.4) is 0 Å². The van der Waals surface area contributed by atoms with E-state index in [2.05, 4.69) is 5.32 Å². The number of carbonyl (C=O) groups excluding carboxylic acids is 1. The topological polar surface area (TPSA) is 91.2 Å². The number of para-hydroxylation sites is 1. The molecular weight excluding hydrogens is 434 g/mol. The lowest BCUT2D eigenvalue weighted by atomic mass is 10.1. The van der Waals surface area contributed by atoms with E-state index in [0.717, 1.165) is 35.7 Å². The average molecular weight is 457 g/mol. The maximum Gasteiger partial charge on any atom is 0.270 e. The van der Waals surface area contributed by atoms with Crippen molar-refractivity contribution in [2.24, 2.45) is 0 Å². The highest BCUT2D eigenvalue weighted by Crippen LogP contribution is 2.39. The van der Waals surface area contributed by atoms with Crippen LogP contribution in [0.25, 0.3) is 38.1 Å². The van der Waals surface area contributed by atoms with Gasteiger partial charge >= 0.3 is 0 Å². The largest absolute Gasteiger partial charge is 0.493 e. The number of nitrogens with zero attached hydrogens (tertiary/aromatic N) is 2. The molecule has 1 N–H and O–H groups in total. The fourth-order valence-corrected chi connectivity index (χ4v) is 5.05. The highest BCUT2D eigenvalue weighted by Gasteiger charge is 2.24. The van der Waals surface area contributed by atoms with Gasteiger partial charge in [-0.3, -0.25) is 14.0 Å². The van der Waals surface area contributed by atoms with Gasteiger partial charge in [-0.15, -0.1) is 0 Å². The Morgan fingerprint density at radius 2 is 2.00 bits per heavy atom. The number of nitrogens with one attached hydrogen (secondary N) is 1. The van der Waals surface area contributed by atoms with E-state index in [1.165, 1.54) is 14.2 Å². The van der Waals surface area contributed by atoms with Crippen LogP contribution in [0.15, 0.2) is 47.3 Å². The Kier molecular flexibility index (Phi) is 4.77. The average Bonchev–Trinajstić information content (AvgIpc) is 3.51. The number of fused-ring (bicyclic) bond motifs is 5. The Morgan fingerprint density at radius 3 is 2.76 bits per heavy atom. The molecule has 5 aromatic rings.